The van der Waals surface area contributed by atoms with Crippen LogP contribution in [-0.2, 0) is 13.1 Å². The maximum atomic E-state index is 12.5. The third-order valence-electron chi connectivity index (χ3n) is 6.37. The van der Waals surface area contributed by atoms with E-state index in [4.69, 9.17) is 0 Å². The van der Waals surface area contributed by atoms with Crippen molar-refractivity contribution in [2.24, 2.45) is 5.18 Å². The molecule has 2 aliphatic heterocycles. The van der Waals surface area contributed by atoms with E-state index in [0.29, 0.717) is 29.4 Å². The smallest absolute Gasteiger partial charge is 0.270 e. The van der Waals surface area contributed by atoms with E-state index in [1.165, 1.54) is 12.3 Å². The van der Waals surface area contributed by atoms with Gasteiger partial charge in [-0.1, -0.05) is 12.1 Å². The van der Waals surface area contributed by atoms with Crippen LogP contribution < -0.4 is 16.4 Å². The lowest BCUT2D eigenvalue weighted by molar-refractivity contribution is 0.171. The van der Waals surface area contributed by atoms with E-state index >= 15 is 0 Å². The molecular weight excluding hydrogens is 396 g/mol. The normalized spacial score (nSPS) is 19.2. The van der Waals surface area contributed by atoms with Crippen LogP contribution in [0, 0.1) is 4.91 Å². The molecule has 31 heavy (non-hydrogen) atoms. The van der Waals surface area contributed by atoms with E-state index in [1.807, 2.05) is 12.1 Å². The van der Waals surface area contributed by atoms with Crippen LogP contribution in [0.15, 0.2) is 57.4 Å². The number of benzene rings is 1. The molecule has 4 heterocycles. The Hall–Kier alpha value is -3.17. The lowest BCUT2D eigenvalue weighted by Gasteiger charge is -2.34. The molecule has 160 valence electrons. The number of likely N-dealkylation sites (tertiary alicyclic amines) is 1. The van der Waals surface area contributed by atoms with Gasteiger partial charge in [-0.3, -0.25) is 18.7 Å². The van der Waals surface area contributed by atoms with Gasteiger partial charge in [-0.05, 0) is 54.9 Å². The molecule has 2 aromatic heterocycles. The molecule has 1 unspecified atom stereocenters. The minimum atomic E-state index is -0.151. The van der Waals surface area contributed by atoms with Gasteiger partial charge in [0, 0.05) is 31.7 Å². The van der Waals surface area contributed by atoms with Crippen molar-refractivity contribution in [1.29, 1.82) is 0 Å². The van der Waals surface area contributed by atoms with Gasteiger partial charge in [-0.15, -0.1) is 4.91 Å². The summed E-state index contributed by atoms with van der Waals surface area (Å²) in [6, 6.07) is 10.9. The third kappa shape index (κ3) is 3.82. The first-order chi connectivity index (χ1) is 15.1. The molecule has 5 rings (SSSR count). The van der Waals surface area contributed by atoms with Gasteiger partial charge < -0.3 is 10.2 Å². The molecule has 9 heteroatoms. The van der Waals surface area contributed by atoms with E-state index in [-0.39, 0.29) is 17.2 Å². The molecule has 0 amide bonds. The molecule has 1 fully saturated rings. The van der Waals surface area contributed by atoms with E-state index in [9.17, 15) is 14.5 Å². The molecular formula is C22H24N6O3. The minimum Gasteiger partial charge on any atom is -0.310 e. The zero-order chi connectivity index (χ0) is 21.4. The summed E-state index contributed by atoms with van der Waals surface area (Å²) in [5.74, 6) is 0. The summed E-state index contributed by atoms with van der Waals surface area (Å²) in [5.41, 5.74) is 2.65. The van der Waals surface area contributed by atoms with E-state index in [1.54, 1.807) is 27.3 Å². The molecule has 0 bridgehead atoms. The van der Waals surface area contributed by atoms with E-state index < -0.39 is 0 Å². The van der Waals surface area contributed by atoms with Crippen molar-refractivity contribution in [2.75, 3.05) is 19.6 Å². The predicted octanol–water partition coefficient (Wildman–Crippen LogP) is 1.76. The Bertz CT molecular complexity index is 1220. The van der Waals surface area contributed by atoms with Crippen molar-refractivity contribution in [1.82, 2.24) is 24.3 Å². The fourth-order valence-corrected chi connectivity index (χ4v) is 4.72. The second-order valence-electron chi connectivity index (χ2n) is 8.32. The zero-order valence-electron chi connectivity index (χ0n) is 17.1. The Labute approximate surface area is 178 Å². The molecule has 3 aromatic rings. The number of nitrogens with one attached hydrogen (secondary N) is 1. The molecule has 1 atom stereocenters. The number of piperidine rings is 1. The van der Waals surface area contributed by atoms with Crippen LogP contribution in [0.4, 0.5) is 5.69 Å². The quantitative estimate of drug-likeness (QED) is 0.610. The molecule has 0 spiro atoms. The van der Waals surface area contributed by atoms with Crippen LogP contribution in [0.2, 0.25) is 0 Å². The van der Waals surface area contributed by atoms with Gasteiger partial charge in [-0.2, -0.15) is 0 Å². The van der Waals surface area contributed by atoms with Gasteiger partial charge in [0.25, 0.3) is 11.1 Å². The van der Waals surface area contributed by atoms with Crippen molar-refractivity contribution in [3.8, 4) is 0 Å². The Kier molecular flexibility index (Phi) is 5.21. The average Bonchev–Trinajstić information content (AvgIpc) is 3.19. The maximum Gasteiger partial charge on any atom is 0.270 e. The summed E-state index contributed by atoms with van der Waals surface area (Å²) in [5, 5.41) is 6.52. The van der Waals surface area contributed by atoms with Crippen molar-refractivity contribution in [3.63, 3.8) is 0 Å². The summed E-state index contributed by atoms with van der Waals surface area (Å²) >= 11 is 0. The second kappa shape index (κ2) is 8.16. The number of nitroso groups, excluding NO2 is 1. The SMILES string of the molecule is O=Nc1ccc(CNC2CCN(CC3Cn4c(=O)ccc5ncc(=O)n3c54)CC2)cc1. The fraction of sp³-hybridized carbons (Fsp3) is 0.409. The standard InChI is InChI=1S/C22H24N6O3/c29-20-6-5-19-22-27(20)14-18(28(22)21(30)12-24-19)13-26-9-7-16(8-10-26)23-11-15-1-3-17(25-31)4-2-15/h1-6,12,16,18,23H,7-11,13-14H2. The van der Waals surface area contributed by atoms with Gasteiger partial charge in [0.15, 0.2) is 0 Å². The first-order valence-corrected chi connectivity index (χ1v) is 10.6. The van der Waals surface area contributed by atoms with E-state index in [2.05, 4.69) is 20.4 Å². The maximum absolute atomic E-state index is 12.5. The second-order valence-corrected chi connectivity index (χ2v) is 8.32. The largest absolute Gasteiger partial charge is 0.310 e. The van der Waals surface area contributed by atoms with Crippen LogP contribution in [0.3, 0.4) is 0 Å². The molecule has 0 aliphatic carbocycles. The molecule has 1 N–H and O–H groups in total. The van der Waals surface area contributed by atoms with Crippen molar-refractivity contribution < 1.29 is 0 Å². The number of hydrogen-bond donors (Lipinski definition) is 1. The first kappa shape index (κ1) is 19.8. The summed E-state index contributed by atoms with van der Waals surface area (Å²) in [4.78, 5) is 41.9. The van der Waals surface area contributed by atoms with Crippen LogP contribution in [0.1, 0.15) is 24.4 Å². The van der Waals surface area contributed by atoms with Crippen molar-refractivity contribution in [3.05, 3.63) is 73.8 Å². The minimum absolute atomic E-state index is 0.0532. The van der Waals surface area contributed by atoms with Gasteiger partial charge in [0.2, 0.25) is 0 Å². The van der Waals surface area contributed by atoms with Crippen molar-refractivity contribution in [2.45, 2.75) is 38.0 Å². The molecule has 1 saturated heterocycles. The number of hydrogen-bond acceptors (Lipinski definition) is 7. The molecule has 9 nitrogen and oxygen atoms in total. The molecule has 0 radical (unpaired) electrons. The Balaban J connectivity index is 1.19. The van der Waals surface area contributed by atoms with Crippen LogP contribution >= 0.6 is 0 Å². The van der Waals surface area contributed by atoms with Crippen molar-refractivity contribution >= 4 is 16.9 Å². The summed E-state index contributed by atoms with van der Waals surface area (Å²) in [7, 11) is 0. The lowest BCUT2D eigenvalue weighted by Crippen LogP contribution is -2.44. The monoisotopic (exact) mass is 420 g/mol. The highest BCUT2D eigenvalue weighted by molar-refractivity contribution is 5.71. The highest BCUT2D eigenvalue weighted by atomic mass is 16.3. The number of pyridine rings is 1. The number of rotatable bonds is 6. The average molecular weight is 420 g/mol. The van der Waals surface area contributed by atoms with Gasteiger partial charge in [0.1, 0.15) is 16.9 Å². The van der Waals surface area contributed by atoms with E-state index in [0.717, 1.165) is 44.6 Å². The Morgan fingerprint density at radius 2 is 1.81 bits per heavy atom. The van der Waals surface area contributed by atoms with Gasteiger partial charge in [0.05, 0.1) is 12.2 Å². The molecule has 0 saturated carbocycles. The van der Waals surface area contributed by atoms with Gasteiger partial charge in [-0.25, -0.2) is 4.98 Å². The highest BCUT2D eigenvalue weighted by Gasteiger charge is 2.29. The Morgan fingerprint density at radius 3 is 2.55 bits per heavy atom. The Morgan fingerprint density at radius 1 is 1.03 bits per heavy atom. The number of aromatic nitrogens is 3. The summed E-state index contributed by atoms with van der Waals surface area (Å²) < 4.78 is 3.42. The van der Waals surface area contributed by atoms with Crippen LogP contribution in [-0.4, -0.2) is 44.7 Å². The highest BCUT2D eigenvalue weighted by Crippen LogP contribution is 2.24. The van der Waals surface area contributed by atoms with Crippen LogP contribution in [0.25, 0.3) is 11.2 Å². The van der Waals surface area contributed by atoms with Crippen LogP contribution in [0.5, 0.6) is 0 Å². The fourth-order valence-electron chi connectivity index (χ4n) is 4.72. The predicted molar refractivity (Wildman–Crippen MR) is 117 cm³/mol. The molecule has 1 aromatic carbocycles. The first-order valence-electron chi connectivity index (χ1n) is 10.6. The number of nitrogens with zero attached hydrogens (tertiary/aromatic N) is 5. The summed E-state index contributed by atoms with van der Waals surface area (Å²) in [6.07, 6.45) is 3.39. The lowest BCUT2D eigenvalue weighted by atomic mass is 10.0. The summed E-state index contributed by atoms with van der Waals surface area (Å²) in [6.45, 7) is 3.90. The third-order valence-corrected chi connectivity index (χ3v) is 6.37. The zero-order valence-corrected chi connectivity index (χ0v) is 17.1. The van der Waals surface area contributed by atoms with Gasteiger partial charge >= 0.3 is 0 Å². The molecule has 2 aliphatic rings. The topological polar surface area (TPSA) is 102 Å².